The van der Waals surface area contributed by atoms with Crippen LogP contribution in [-0.2, 0) is 6.54 Å². The van der Waals surface area contributed by atoms with E-state index in [2.05, 4.69) is 20.4 Å². The summed E-state index contributed by atoms with van der Waals surface area (Å²) >= 11 is 0. The van der Waals surface area contributed by atoms with E-state index in [0.717, 1.165) is 43.5 Å². The summed E-state index contributed by atoms with van der Waals surface area (Å²) in [6.45, 7) is 2.73. The molecule has 1 N–H and O–H groups in total. The molecule has 0 spiro atoms. The van der Waals surface area contributed by atoms with Gasteiger partial charge < -0.3 is 5.11 Å². The van der Waals surface area contributed by atoms with Gasteiger partial charge in [0.2, 0.25) is 5.82 Å². The third kappa shape index (κ3) is 3.01. The third-order valence-corrected chi connectivity index (χ3v) is 3.85. The molecule has 6 nitrogen and oxygen atoms in total. The molecule has 0 aromatic carbocycles. The van der Waals surface area contributed by atoms with Crippen LogP contribution in [0.25, 0.3) is 11.4 Å². The molecule has 0 unspecified atom stereocenters. The van der Waals surface area contributed by atoms with Gasteiger partial charge in [-0.3, -0.25) is 4.98 Å². The van der Waals surface area contributed by atoms with Crippen LogP contribution in [0.2, 0.25) is 0 Å². The van der Waals surface area contributed by atoms with Gasteiger partial charge in [0.15, 0.2) is 0 Å². The van der Waals surface area contributed by atoms with Crippen molar-refractivity contribution in [3.8, 4) is 11.4 Å². The summed E-state index contributed by atoms with van der Waals surface area (Å²) < 4.78 is 0. The average molecular weight is 273 g/mol. The monoisotopic (exact) mass is 273 g/mol. The summed E-state index contributed by atoms with van der Waals surface area (Å²) in [6.07, 6.45) is 5.48. The largest absolute Gasteiger partial charge is 0.393 e. The minimum absolute atomic E-state index is 0.120. The lowest BCUT2D eigenvalue weighted by Crippen LogP contribution is -2.22. The van der Waals surface area contributed by atoms with Crippen molar-refractivity contribution in [2.45, 2.75) is 45.3 Å². The second kappa shape index (κ2) is 5.66. The number of nitrogens with zero attached hydrogens (tertiary/aromatic N) is 5. The Bertz CT molecular complexity index is 574. The van der Waals surface area contributed by atoms with Gasteiger partial charge in [-0.1, -0.05) is 0 Å². The lowest BCUT2D eigenvalue weighted by Gasteiger charge is -2.24. The third-order valence-electron chi connectivity index (χ3n) is 3.85. The first kappa shape index (κ1) is 13.2. The predicted octanol–water partition coefficient (Wildman–Crippen LogP) is 1.59. The van der Waals surface area contributed by atoms with Crippen LogP contribution < -0.4 is 0 Å². The number of rotatable bonds is 3. The van der Waals surface area contributed by atoms with E-state index in [1.165, 1.54) is 0 Å². The number of hydrogen-bond acceptors (Lipinski definition) is 5. The second-order valence-corrected chi connectivity index (χ2v) is 5.53. The van der Waals surface area contributed by atoms with Gasteiger partial charge in [-0.15, -0.1) is 10.2 Å². The molecule has 1 fully saturated rings. The molecule has 106 valence electrons. The number of tetrazole rings is 1. The maximum absolute atomic E-state index is 9.52. The molecule has 3 rings (SSSR count). The van der Waals surface area contributed by atoms with Gasteiger partial charge in [0.05, 0.1) is 12.6 Å². The lowest BCUT2D eigenvalue weighted by molar-refractivity contribution is 0.101. The van der Waals surface area contributed by atoms with Crippen LogP contribution in [0.15, 0.2) is 18.3 Å². The Hall–Kier alpha value is -1.82. The summed E-state index contributed by atoms with van der Waals surface area (Å²) in [4.78, 5) is 5.84. The van der Waals surface area contributed by atoms with E-state index >= 15 is 0 Å². The second-order valence-electron chi connectivity index (χ2n) is 5.53. The predicted molar refractivity (Wildman–Crippen MR) is 73.7 cm³/mol. The number of aliphatic hydroxyl groups is 1. The summed E-state index contributed by atoms with van der Waals surface area (Å²) in [6, 6.07) is 3.85. The van der Waals surface area contributed by atoms with Crippen LogP contribution in [0.4, 0.5) is 0 Å². The number of aryl methyl sites for hydroxylation is 1. The van der Waals surface area contributed by atoms with Crippen molar-refractivity contribution in [2.75, 3.05) is 0 Å². The van der Waals surface area contributed by atoms with Crippen molar-refractivity contribution >= 4 is 0 Å². The van der Waals surface area contributed by atoms with E-state index in [0.29, 0.717) is 11.7 Å². The molecular formula is C14H19N5O. The molecule has 1 aliphatic carbocycles. The fraction of sp³-hybridized carbons (Fsp3) is 0.571. The Morgan fingerprint density at radius 2 is 2.10 bits per heavy atom. The fourth-order valence-corrected chi connectivity index (χ4v) is 2.68. The molecule has 0 aliphatic heterocycles. The Kier molecular flexibility index (Phi) is 3.73. The summed E-state index contributed by atoms with van der Waals surface area (Å²) in [5.74, 6) is 1.19. The first-order valence-corrected chi connectivity index (χ1v) is 7.09. The maximum atomic E-state index is 9.52. The molecular weight excluding hydrogens is 254 g/mol. The molecule has 2 aromatic rings. The van der Waals surface area contributed by atoms with Gasteiger partial charge in [0.1, 0.15) is 0 Å². The van der Waals surface area contributed by atoms with Crippen LogP contribution in [0.3, 0.4) is 0 Å². The van der Waals surface area contributed by atoms with Gasteiger partial charge in [0.25, 0.3) is 0 Å². The highest BCUT2D eigenvalue weighted by Gasteiger charge is 2.20. The minimum Gasteiger partial charge on any atom is -0.393 e. The van der Waals surface area contributed by atoms with Crippen LogP contribution >= 0.6 is 0 Å². The van der Waals surface area contributed by atoms with E-state index in [4.69, 9.17) is 0 Å². The molecule has 2 heterocycles. The molecule has 6 heteroatoms. The van der Waals surface area contributed by atoms with Crippen LogP contribution in [0.5, 0.6) is 0 Å². The van der Waals surface area contributed by atoms with Gasteiger partial charge in [-0.2, -0.15) is 4.80 Å². The standard InChI is InChI=1S/C14H19N5O/c1-10-8-12(6-7-15-10)14-16-18-19(17-14)9-11-2-4-13(20)5-3-11/h6-8,11,13,20H,2-5,9H2,1H3/t11-,13-. The average Bonchev–Trinajstić information content (AvgIpc) is 2.90. The first-order valence-electron chi connectivity index (χ1n) is 7.09. The Morgan fingerprint density at radius 3 is 2.85 bits per heavy atom. The molecule has 0 amide bonds. The highest BCUT2D eigenvalue weighted by atomic mass is 16.3. The van der Waals surface area contributed by atoms with Crippen molar-refractivity contribution in [1.29, 1.82) is 0 Å². The minimum atomic E-state index is -0.120. The van der Waals surface area contributed by atoms with Crippen LogP contribution in [0.1, 0.15) is 31.4 Å². The van der Waals surface area contributed by atoms with E-state index in [-0.39, 0.29) is 6.10 Å². The summed E-state index contributed by atoms with van der Waals surface area (Å²) in [5.41, 5.74) is 1.89. The molecule has 0 saturated heterocycles. The van der Waals surface area contributed by atoms with E-state index in [9.17, 15) is 5.11 Å². The highest BCUT2D eigenvalue weighted by molar-refractivity contribution is 5.53. The van der Waals surface area contributed by atoms with Gasteiger partial charge in [0, 0.05) is 17.5 Å². The maximum Gasteiger partial charge on any atom is 0.205 e. The zero-order valence-electron chi connectivity index (χ0n) is 11.6. The Labute approximate surface area is 117 Å². The quantitative estimate of drug-likeness (QED) is 0.919. The molecule has 0 radical (unpaired) electrons. The first-order chi connectivity index (χ1) is 9.70. The van der Waals surface area contributed by atoms with Gasteiger partial charge in [-0.25, -0.2) is 0 Å². The normalized spacial score (nSPS) is 22.9. The Morgan fingerprint density at radius 1 is 1.30 bits per heavy atom. The van der Waals surface area contributed by atoms with Crippen molar-refractivity contribution in [3.63, 3.8) is 0 Å². The van der Waals surface area contributed by atoms with Crippen molar-refractivity contribution in [3.05, 3.63) is 24.0 Å². The van der Waals surface area contributed by atoms with E-state index < -0.39 is 0 Å². The topological polar surface area (TPSA) is 76.7 Å². The van der Waals surface area contributed by atoms with Crippen LogP contribution in [0, 0.1) is 12.8 Å². The molecule has 0 bridgehead atoms. The van der Waals surface area contributed by atoms with Gasteiger partial charge >= 0.3 is 0 Å². The van der Waals surface area contributed by atoms with Crippen molar-refractivity contribution < 1.29 is 5.11 Å². The molecule has 2 aromatic heterocycles. The lowest BCUT2D eigenvalue weighted by atomic mass is 9.88. The zero-order chi connectivity index (χ0) is 13.9. The van der Waals surface area contributed by atoms with Crippen molar-refractivity contribution in [2.24, 2.45) is 5.92 Å². The molecule has 1 aliphatic rings. The van der Waals surface area contributed by atoms with E-state index in [1.54, 1.807) is 11.0 Å². The summed E-state index contributed by atoms with van der Waals surface area (Å²) in [5, 5.41) is 22.2. The number of aromatic nitrogens is 5. The summed E-state index contributed by atoms with van der Waals surface area (Å²) in [7, 11) is 0. The van der Waals surface area contributed by atoms with Crippen molar-refractivity contribution in [1.82, 2.24) is 25.2 Å². The Balaban J connectivity index is 1.68. The van der Waals surface area contributed by atoms with Crippen LogP contribution in [-0.4, -0.2) is 36.4 Å². The fourth-order valence-electron chi connectivity index (χ4n) is 2.68. The molecule has 20 heavy (non-hydrogen) atoms. The van der Waals surface area contributed by atoms with Gasteiger partial charge in [-0.05, 0) is 55.9 Å². The number of pyridine rings is 1. The molecule has 1 saturated carbocycles. The number of aliphatic hydroxyl groups excluding tert-OH is 1. The molecule has 0 atom stereocenters. The zero-order valence-corrected chi connectivity index (χ0v) is 11.6. The van der Waals surface area contributed by atoms with E-state index in [1.807, 2.05) is 19.1 Å². The highest BCUT2D eigenvalue weighted by Crippen LogP contribution is 2.25. The SMILES string of the molecule is Cc1cc(-c2nnn(C[C@H]3CC[C@H](O)CC3)n2)ccn1. The smallest absolute Gasteiger partial charge is 0.205 e. The number of hydrogen-bond donors (Lipinski definition) is 1.